The molecule has 0 saturated heterocycles. The number of methoxy groups -OCH3 is 2. The molecule has 180 valence electrons. The largest absolute Gasteiger partial charge is 0.493 e. The highest BCUT2D eigenvalue weighted by molar-refractivity contribution is 6.06. The molecule has 0 radical (unpaired) electrons. The third kappa shape index (κ3) is 9.16. The molecule has 0 aromatic heterocycles. The standard InChI is InChI=1S/C24H38N2O6/c1-5-7-9-15-26(16-10-8-6-2)24(30)19(12-14-22(27)28)23(29)25-18-11-13-20(31-3)21(17-18)32-4/h11,13,17,19H,5-10,12,14-16H2,1-4H3,(H,25,29)(H,27,28). The monoisotopic (exact) mass is 450 g/mol. The van der Waals surface area contributed by atoms with Crippen LogP contribution in [-0.2, 0) is 14.4 Å². The number of nitrogens with one attached hydrogen (secondary N) is 1. The number of hydrogen-bond donors (Lipinski definition) is 2. The molecule has 1 aromatic carbocycles. The molecule has 0 aliphatic rings. The van der Waals surface area contributed by atoms with Gasteiger partial charge >= 0.3 is 5.97 Å². The quantitative estimate of drug-likeness (QED) is 0.287. The number of carboxylic acid groups (broad SMARTS) is 1. The lowest BCUT2D eigenvalue weighted by Crippen LogP contribution is -2.42. The minimum absolute atomic E-state index is 0.0503. The highest BCUT2D eigenvalue weighted by atomic mass is 16.5. The van der Waals surface area contributed by atoms with Crippen LogP contribution in [0.3, 0.4) is 0 Å². The van der Waals surface area contributed by atoms with E-state index < -0.39 is 17.8 Å². The molecule has 0 spiro atoms. The number of nitrogens with zero attached hydrogens (tertiary/aromatic N) is 1. The van der Waals surface area contributed by atoms with Crippen molar-refractivity contribution < 1.29 is 29.0 Å². The molecule has 2 N–H and O–H groups in total. The third-order valence-corrected chi connectivity index (χ3v) is 5.29. The molecule has 8 nitrogen and oxygen atoms in total. The molecular weight excluding hydrogens is 412 g/mol. The van der Waals surface area contributed by atoms with E-state index in [1.807, 2.05) is 0 Å². The van der Waals surface area contributed by atoms with Crippen molar-refractivity contribution in [2.75, 3.05) is 32.6 Å². The molecule has 0 saturated carbocycles. The summed E-state index contributed by atoms with van der Waals surface area (Å²) in [6.07, 6.45) is 5.45. The normalized spacial score (nSPS) is 11.5. The Labute approximate surface area is 191 Å². The van der Waals surface area contributed by atoms with Crippen molar-refractivity contribution in [3.05, 3.63) is 18.2 Å². The van der Waals surface area contributed by atoms with Crippen molar-refractivity contribution in [2.24, 2.45) is 5.92 Å². The fraction of sp³-hybridized carbons (Fsp3) is 0.625. The summed E-state index contributed by atoms with van der Waals surface area (Å²) in [5.74, 6) is -1.97. The molecule has 1 rings (SSSR count). The Morgan fingerprint density at radius 3 is 2.06 bits per heavy atom. The first kappa shape index (κ1) is 27.3. The van der Waals surface area contributed by atoms with Gasteiger partial charge in [0, 0.05) is 31.3 Å². The van der Waals surface area contributed by atoms with Crippen molar-refractivity contribution in [3.8, 4) is 11.5 Å². The van der Waals surface area contributed by atoms with Crippen LogP contribution in [-0.4, -0.2) is 55.1 Å². The lowest BCUT2D eigenvalue weighted by atomic mass is 9.99. The fourth-order valence-corrected chi connectivity index (χ4v) is 3.44. The van der Waals surface area contributed by atoms with Crippen LogP contribution in [0.25, 0.3) is 0 Å². The summed E-state index contributed by atoms with van der Waals surface area (Å²) in [6, 6.07) is 4.91. The second kappa shape index (κ2) is 15.1. The van der Waals surface area contributed by atoms with Gasteiger partial charge < -0.3 is 24.8 Å². The maximum atomic E-state index is 13.3. The summed E-state index contributed by atoms with van der Waals surface area (Å²) in [4.78, 5) is 39.3. The van der Waals surface area contributed by atoms with Crippen LogP contribution < -0.4 is 14.8 Å². The maximum absolute atomic E-state index is 13.3. The van der Waals surface area contributed by atoms with Gasteiger partial charge in [0.1, 0.15) is 5.92 Å². The smallest absolute Gasteiger partial charge is 0.303 e. The Kier molecular flexibility index (Phi) is 12.9. The van der Waals surface area contributed by atoms with E-state index in [0.29, 0.717) is 30.3 Å². The van der Waals surface area contributed by atoms with Gasteiger partial charge in [0.15, 0.2) is 11.5 Å². The molecule has 32 heavy (non-hydrogen) atoms. The number of aliphatic carboxylic acids is 1. The van der Waals surface area contributed by atoms with E-state index in [1.165, 1.54) is 14.2 Å². The predicted octanol–water partition coefficient (Wildman–Crippen LogP) is 4.33. The first-order chi connectivity index (χ1) is 15.4. The lowest BCUT2D eigenvalue weighted by molar-refractivity contribution is -0.142. The number of carboxylic acids is 1. The average Bonchev–Trinajstić information content (AvgIpc) is 2.77. The summed E-state index contributed by atoms with van der Waals surface area (Å²) in [6.45, 7) is 5.33. The summed E-state index contributed by atoms with van der Waals surface area (Å²) < 4.78 is 10.5. The zero-order valence-corrected chi connectivity index (χ0v) is 19.8. The second-order valence-corrected chi connectivity index (χ2v) is 7.78. The van der Waals surface area contributed by atoms with E-state index in [9.17, 15) is 14.4 Å². The van der Waals surface area contributed by atoms with Crippen molar-refractivity contribution >= 4 is 23.5 Å². The van der Waals surface area contributed by atoms with E-state index in [2.05, 4.69) is 19.2 Å². The number of rotatable bonds is 16. The van der Waals surface area contributed by atoms with E-state index in [4.69, 9.17) is 14.6 Å². The van der Waals surface area contributed by atoms with Gasteiger partial charge in [-0.25, -0.2) is 0 Å². The first-order valence-electron chi connectivity index (χ1n) is 11.4. The molecular formula is C24H38N2O6. The summed E-state index contributed by atoms with van der Waals surface area (Å²) >= 11 is 0. The minimum atomic E-state index is -1.07. The van der Waals surface area contributed by atoms with E-state index in [-0.39, 0.29) is 18.7 Å². The van der Waals surface area contributed by atoms with Crippen LogP contribution in [0.5, 0.6) is 11.5 Å². The van der Waals surface area contributed by atoms with Crippen LogP contribution in [0.4, 0.5) is 5.69 Å². The molecule has 2 amide bonds. The Bertz CT molecular complexity index is 727. The number of hydrogen-bond acceptors (Lipinski definition) is 5. The maximum Gasteiger partial charge on any atom is 0.303 e. The van der Waals surface area contributed by atoms with Gasteiger partial charge in [0.2, 0.25) is 11.8 Å². The molecule has 1 unspecified atom stereocenters. The molecule has 0 aliphatic carbocycles. The Morgan fingerprint density at radius 2 is 1.56 bits per heavy atom. The zero-order valence-electron chi connectivity index (χ0n) is 19.8. The fourth-order valence-electron chi connectivity index (χ4n) is 3.44. The molecule has 0 fully saturated rings. The van der Waals surface area contributed by atoms with Crippen molar-refractivity contribution in [3.63, 3.8) is 0 Å². The number of anilines is 1. The van der Waals surface area contributed by atoms with Gasteiger partial charge in [-0.1, -0.05) is 39.5 Å². The number of unbranched alkanes of at least 4 members (excludes halogenated alkanes) is 4. The zero-order chi connectivity index (χ0) is 23.9. The predicted molar refractivity (Wildman–Crippen MR) is 124 cm³/mol. The van der Waals surface area contributed by atoms with Crippen molar-refractivity contribution in [1.82, 2.24) is 4.90 Å². The summed E-state index contributed by atoms with van der Waals surface area (Å²) in [5, 5.41) is 11.9. The summed E-state index contributed by atoms with van der Waals surface area (Å²) in [5.41, 5.74) is 0.448. The van der Waals surface area contributed by atoms with Gasteiger partial charge in [0.05, 0.1) is 14.2 Å². The molecule has 1 atom stereocenters. The van der Waals surface area contributed by atoms with Gasteiger partial charge in [-0.2, -0.15) is 0 Å². The van der Waals surface area contributed by atoms with Gasteiger partial charge in [-0.15, -0.1) is 0 Å². The van der Waals surface area contributed by atoms with Gasteiger partial charge in [0.25, 0.3) is 0 Å². The van der Waals surface area contributed by atoms with Crippen molar-refractivity contribution in [1.29, 1.82) is 0 Å². The van der Waals surface area contributed by atoms with E-state index in [0.717, 1.165) is 38.5 Å². The number of carbonyl (C=O) groups is 3. The minimum Gasteiger partial charge on any atom is -0.493 e. The second-order valence-electron chi connectivity index (χ2n) is 7.78. The lowest BCUT2D eigenvalue weighted by Gasteiger charge is -2.27. The van der Waals surface area contributed by atoms with Gasteiger partial charge in [-0.05, 0) is 31.4 Å². The SMILES string of the molecule is CCCCCN(CCCCC)C(=O)C(CCC(=O)O)C(=O)Nc1ccc(OC)c(OC)c1. The molecule has 0 aliphatic heterocycles. The highest BCUT2D eigenvalue weighted by Gasteiger charge is 2.31. The van der Waals surface area contributed by atoms with E-state index in [1.54, 1.807) is 23.1 Å². The first-order valence-corrected chi connectivity index (χ1v) is 11.4. The molecule has 0 heterocycles. The van der Waals surface area contributed by atoms with Crippen LogP contribution >= 0.6 is 0 Å². The van der Waals surface area contributed by atoms with Crippen LogP contribution in [0.15, 0.2) is 18.2 Å². The number of carbonyl (C=O) groups excluding carboxylic acids is 2. The topological polar surface area (TPSA) is 105 Å². The van der Waals surface area contributed by atoms with Crippen molar-refractivity contribution in [2.45, 2.75) is 65.2 Å². The van der Waals surface area contributed by atoms with Crippen LogP contribution in [0.1, 0.15) is 65.2 Å². The summed E-state index contributed by atoms with van der Waals surface area (Å²) in [7, 11) is 3.01. The Morgan fingerprint density at radius 1 is 0.969 bits per heavy atom. The average molecular weight is 451 g/mol. The molecule has 8 heteroatoms. The Hall–Kier alpha value is -2.77. The Balaban J connectivity index is 3.04. The molecule has 1 aromatic rings. The number of amides is 2. The number of benzene rings is 1. The van der Waals surface area contributed by atoms with Gasteiger partial charge in [-0.3, -0.25) is 14.4 Å². The highest BCUT2D eigenvalue weighted by Crippen LogP contribution is 2.30. The third-order valence-electron chi connectivity index (χ3n) is 5.29. The molecule has 0 bridgehead atoms. The van der Waals surface area contributed by atoms with E-state index >= 15 is 0 Å². The van der Waals surface area contributed by atoms with Crippen LogP contribution in [0, 0.1) is 5.92 Å². The van der Waals surface area contributed by atoms with Crippen LogP contribution in [0.2, 0.25) is 0 Å². The number of ether oxygens (including phenoxy) is 2.